The van der Waals surface area contributed by atoms with Crippen molar-refractivity contribution in [3.8, 4) is 0 Å². The van der Waals surface area contributed by atoms with Crippen molar-refractivity contribution in [2.24, 2.45) is 0 Å². The van der Waals surface area contributed by atoms with Gasteiger partial charge in [0.05, 0.1) is 0 Å². The number of halogens is 3. The van der Waals surface area contributed by atoms with Crippen LogP contribution < -0.4 is 5.32 Å². The van der Waals surface area contributed by atoms with Crippen LogP contribution in [0.15, 0.2) is 18.2 Å². The van der Waals surface area contributed by atoms with Crippen LogP contribution in [-0.4, -0.2) is 11.4 Å². The summed E-state index contributed by atoms with van der Waals surface area (Å²) in [5.74, 6) is -1.60. The van der Waals surface area contributed by atoms with E-state index in [4.69, 9.17) is 11.6 Å². The van der Waals surface area contributed by atoms with Crippen LogP contribution >= 0.6 is 11.6 Å². The van der Waals surface area contributed by atoms with Crippen molar-refractivity contribution in [2.75, 3.05) is 0 Å². The molecule has 0 bridgehead atoms. The molecule has 0 unspecified atom stereocenters. The highest BCUT2D eigenvalue weighted by molar-refractivity contribution is 6.21. The molecule has 0 aromatic heterocycles. The van der Waals surface area contributed by atoms with E-state index in [1.807, 2.05) is 0 Å². The fraction of sp³-hybridized carbons (Fsp3) is 0.455. The fourth-order valence-corrected chi connectivity index (χ4v) is 2.06. The minimum atomic E-state index is -0.803. The Morgan fingerprint density at radius 1 is 1.27 bits per heavy atom. The maximum atomic E-state index is 12.8. The van der Waals surface area contributed by atoms with Crippen molar-refractivity contribution >= 4 is 11.6 Å². The minimum absolute atomic E-state index is 0.271. The molecule has 0 atom stereocenters. The maximum absolute atomic E-state index is 12.8. The lowest BCUT2D eigenvalue weighted by Crippen LogP contribution is -2.41. The molecule has 2 rings (SSSR count). The molecular weight excluding hydrogens is 220 g/mol. The van der Waals surface area contributed by atoms with Gasteiger partial charge in [-0.25, -0.2) is 8.78 Å². The van der Waals surface area contributed by atoms with Gasteiger partial charge in [-0.1, -0.05) is 6.07 Å². The van der Waals surface area contributed by atoms with Gasteiger partial charge in [0.25, 0.3) is 0 Å². The van der Waals surface area contributed by atoms with Gasteiger partial charge in [0.2, 0.25) is 0 Å². The van der Waals surface area contributed by atoms with E-state index in [0.29, 0.717) is 12.6 Å². The summed E-state index contributed by atoms with van der Waals surface area (Å²) in [6, 6.07) is 4.37. The summed E-state index contributed by atoms with van der Waals surface area (Å²) in [6.07, 6.45) is 1.90. The molecule has 0 saturated heterocycles. The molecule has 82 valence electrons. The summed E-state index contributed by atoms with van der Waals surface area (Å²) in [5.41, 5.74) is 0.756. The third kappa shape index (κ3) is 2.67. The zero-order valence-electron chi connectivity index (χ0n) is 8.14. The van der Waals surface area contributed by atoms with Crippen LogP contribution in [0.5, 0.6) is 0 Å². The molecule has 15 heavy (non-hydrogen) atoms. The normalized spacial score (nSPS) is 25.0. The first kappa shape index (κ1) is 10.8. The molecule has 1 aliphatic rings. The summed E-state index contributed by atoms with van der Waals surface area (Å²) in [4.78, 5) is 0. The quantitative estimate of drug-likeness (QED) is 0.789. The average Bonchev–Trinajstić information content (AvgIpc) is 2.16. The highest BCUT2D eigenvalue weighted by atomic mass is 35.5. The Labute approximate surface area is 92.4 Å². The van der Waals surface area contributed by atoms with Gasteiger partial charge >= 0.3 is 0 Å². The standard InChI is InChI=1S/C11H12ClF2N/c12-8-4-9(5-8)15-6-7-1-2-10(13)11(14)3-7/h1-3,8-9,15H,4-6H2. The lowest BCUT2D eigenvalue weighted by atomic mass is 9.92. The molecular formula is C11H12ClF2N. The summed E-state index contributed by atoms with van der Waals surface area (Å²) in [5, 5.41) is 3.51. The predicted octanol–water partition coefficient (Wildman–Crippen LogP) is 2.82. The van der Waals surface area contributed by atoms with Crippen molar-refractivity contribution < 1.29 is 8.78 Å². The molecule has 0 aliphatic heterocycles. The summed E-state index contributed by atoms with van der Waals surface area (Å²) >= 11 is 5.82. The number of alkyl halides is 1. The molecule has 1 aromatic rings. The Kier molecular flexibility index (Phi) is 3.22. The van der Waals surface area contributed by atoms with Crippen LogP contribution in [0.3, 0.4) is 0 Å². The molecule has 1 fully saturated rings. The largest absolute Gasteiger partial charge is 0.310 e. The molecule has 1 aromatic carbocycles. The van der Waals surface area contributed by atoms with E-state index in [0.717, 1.165) is 24.5 Å². The SMILES string of the molecule is Fc1ccc(CNC2CC(Cl)C2)cc1F. The van der Waals surface area contributed by atoms with E-state index in [1.165, 1.54) is 6.07 Å². The first-order valence-corrected chi connectivity index (χ1v) is 5.40. The van der Waals surface area contributed by atoms with Crippen molar-refractivity contribution in [1.29, 1.82) is 0 Å². The van der Waals surface area contributed by atoms with Crippen molar-refractivity contribution in [3.05, 3.63) is 35.4 Å². The smallest absolute Gasteiger partial charge is 0.159 e. The second kappa shape index (κ2) is 4.45. The number of benzene rings is 1. The van der Waals surface area contributed by atoms with Crippen LogP contribution in [0.1, 0.15) is 18.4 Å². The highest BCUT2D eigenvalue weighted by Gasteiger charge is 2.26. The Bertz CT molecular complexity index is 350. The Morgan fingerprint density at radius 3 is 2.60 bits per heavy atom. The Balaban J connectivity index is 1.86. The van der Waals surface area contributed by atoms with Gasteiger partial charge in [0.1, 0.15) is 0 Å². The number of nitrogens with one attached hydrogen (secondary N) is 1. The fourth-order valence-electron chi connectivity index (χ4n) is 1.63. The molecule has 1 nitrogen and oxygen atoms in total. The second-order valence-corrected chi connectivity index (χ2v) is 4.51. The minimum Gasteiger partial charge on any atom is -0.310 e. The maximum Gasteiger partial charge on any atom is 0.159 e. The number of hydrogen-bond acceptors (Lipinski definition) is 1. The monoisotopic (exact) mass is 231 g/mol. The van der Waals surface area contributed by atoms with Gasteiger partial charge in [-0.15, -0.1) is 11.6 Å². The van der Waals surface area contributed by atoms with Gasteiger partial charge in [0.15, 0.2) is 11.6 Å². The number of hydrogen-bond donors (Lipinski definition) is 1. The first-order valence-electron chi connectivity index (χ1n) is 4.96. The van der Waals surface area contributed by atoms with Crippen LogP contribution in [-0.2, 0) is 6.54 Å². The van der Waals surface area contributed by atoms with E-state index in [2.05, 4.69) is 5.32 Å². The van der Waals surface area contributed by atoms with Crippen LogP contribution in [0.4, 0.5) is 8.78 Å². The van der Waals surface area contributed by atoms with Gasteiger partial charge in [-0.3, -0.25) is 0 Å². The summed E-state index contributed by atoms with van der Waals surface area (Å²) in [7, 11) is 0. The topological polar surface area (TPSA) is 12.0 Å². The molecule has 1 N–H and O–H groups in total. The van der Waals surface area contributed by atoms with Crippen LogP contribution in [0.2, 0.25) is 0 Å². The molecule has 1 saturated carbocycles. The van der Waals surface area contributed by atoms with E-state index < -0.39 is 11.6 Å². The third-order valence-corrected chi connectivity index (χ3v) is 3.02. The Morgan fingerprint density at radius 2 is 2.00 bits per heavy atom. The molecule has 0 amide bonds. The van der Waals surface area contributed by atoms with Crippen LogP contribution in [0.25, 0.3) is 0 Å². The summed E-state index contributed by atoms with van der Waals surface area (Å²) < 4.78 is 25.5. The third-order valence-electron chi connectivity index (χ3n) is 2.66. The van der Waals surface area contributed by atoms with Gasteiger partial charge in [-0.2, -0.15) is 0 Å². The molecule has 4 heteroatoms. The lowest BCUT2D eigenvalue weighted by molar-refractivity contribution is 0.345. The van der Waals surface area contributed by atoms with Crippen molar-refractivity contribution in [3.63, 3.8) is 0 Å². The van der Waals surface area contributed by atoms with Gasteiger partial charge < -0.3 is 5.32 Å². The lowest BCUT2D eigenvalue weighted by Gasteiger charge is -2.31. The van der Waals surface area contributed by atoms with E-state index >= 15 is 0 Å². The second-order valence-electron chi connectivity index (χ2n) is 3.89. The molecule has 0 spiro atoms. The summed E-state index contributed by atoms with van der Waals surface area (Å²) in [6.45, 7) is 0.561. The predicted molar refractivity (Wildman–Crippen MR) is 55.9 cm³/mol. The van der Waals surface area contributed by atoms with Crippen molar-refractivity contribution in [2.45, 2.75) is 30.8 Å². The highest BCUT2D eigenvalue weighted by Crippen LogP contribution is 2.25. The zero-order valence-corrected chi connectivity index (χ0v) is 8.90. The van der Waals surface area contributed by atoms with E-state index in [9.17, 15) is 8.78 Å². The first-order chi connectivity index (χ1) is 7.15. The van der Waals surface area contributed by atoms with Crippen LogP contribution in [0, 0.1) is 11.6 Å². The zero-order chi connectivity index (χ0) is 10.8. The molecule has 0 heterocycles. The number of rotatable bonds is 3. The van der Waals surface area contributed by atoms with Gasteiger partial charge in [0, 0.05) is 18.0 Å². The van der Waals surface area contributed by atoms with Gasteiger partial charge in [-0.05, 0) is 30.5 Å². The van der Waals surface area contributed by atoms with E-state index in [-0.39, 0.29) is 5.38 Å². The van der Waals surface area contributed by atoms with Crippen molar-refractivity contribution in [1.82, 2.24) is 5.32 Å². The molecule has 0 radical (unpaired) electrons. The Hall–Kier alpha value is -0.670. The van der Waals surface area contributed by atoms with E-state index in [1.54, 1.807) is 6.07 Å². The molecule has 1 aliphatic carbocycles. The average molecular weight is 232 g/mol.